The summed E-state index contributed by atoms with van der Waals surface area (Å²) >= 11 is 0. The van der Waals surface area contributed by atoms with Gasteiger partial charge in [0.25, 0.3) is 0 Å². The Morgan fingerprint density at radius 2 is 2.12 bits per heavy atom. The number of likely N-dealkylation sites (tertiary alicyclic amines) is 1. The molecule has 1 unspecified atom stereocenters. The van der Waals surface area contributed by atoms with Crippen LogP contribution in [0.25, 0.3) is 33.5 Å². The van der Waals surface area contributed by atoms with E-state index in [2.05, 4.69) is 45.7 Å². The number of ether oxygens (including phenoxy) is 1. The number of aromatic amines is 1. The van der Waals surface area contributed by atoms with Gasteiger partial charge in [0.1, 0.15) is 5.65 Å². The molecule has 0 aliphatic carbocycles. The van der Waals surface area contributed by atoms with E-state index in [0.29, 0.717) is 13.2 Å². The van der Waals surface area contributed by atoms with Crippen LogP contribution in [0.15, 0.2) is 36.8 Å². The summed E-state index contributed by atoms with van der Waals surface area (Å²) in [4.78, 5) is 22.1. The monoisotopic (exact) mass is 459 g/mol. The summed E-state index contributed by atoms with van der Waals surface area (Å²) in [5.74, 6) is 0. The molecule has 1 amide bonds. The van der Waals surface area contributed by atoms with Crippen LogP contribution in [0, 0.1) is 0 Å². The van der Waals surface area contributed by atoms with Gasteiger partial charge < -0.3 is 14.6 Å². The number of aryl methyl sites for hydroxylation is 1. The van der Waals surface area contributed by atoms with E-state index in [1.54, 1.807) is 0 Å². The second-order valence-corrected chi connectivity index (χ2v) is 9.62. The maximum absolute atomic E-state index is 12.3. The maximum atomic E-state index is 12.3. The summed E-state index contributed by atoms with van der Waals surface area (Å²) in [6, 6.07) is 6.66. The van der Waals surface area contributed by atoms with Crippen LogP contribution in [-0.2, 0) is 16.7 Å². The van der Waals surface area contributed by atoms with Crippen LogP contribution in [0.5, 0.6) is 0 Å². The Hall–Kier alpha value is -3.62. The minimum Gasteiger partial charge on any atom is -0.450 e. The zero-order valence-corrected chi connectivity index (χ0v) is 19.8. The normalized spacial score (nSPS) is 19.6. The van der Waals surface area contributed by atoms with Crippen molar-refractivity contribution in [1.29, 1.82) is 0 Å². The molecule has 1 saturated heterocycles. The molecule has 176 valence electrons. The first-order valence-electron chi connectivity index (χ1n) is 12.0. The summed E-state index contributed by atoms with van der Waals surface area (Å²) in [6.45, 7) is 8.79. The van der Waals surface area contributed by atoms with E-state index in [-0.39, 0.29) is 17.6 Å². The lowest BCUT2D eigenvalue weighted by atomic mass is 9.82. The van der Waals surface area contributed by atoms with Crippen LogP contribution in [0.3, 0.4) is 0 Å². The van der Waals surface area contributed by atoms with Crippen LogP contribution < -0.4 is 0 Å². The standard InChI is InChI=1S/C25H29N7O2/c1-4-34-24(33)30-9-6-25(15-30)7-10-31-22(25)12-20(29-31)17-11-18-19(14-27-23(18)26-13-17)21-5-8-28-32(21)16(2)3/h5,8,11-14,16H,4,6-7,9-10,15H2,1-3H3,(H,26,27). The molecule has 9 nitrogen and oxygen atoms in total. The highest BCUT2D eigenvalue weighted by Crippen LogP contribution is 2.44. The molecule has 1 atom stereocenters. The molecule has 4 aromatic rings. The van der Waals surface area contributed by atoms with Gasteiger partial charge in [-0.3, -0.25) is 9.36 Å². The molecule has 34 heavy (non-hydrogen) atoms. The highest BCUT2D eigenvalue weighted by molar-refractivity contribution is 5.94. The molecule has 4 aromatic heterocycles. The predicted octanol–water partition coefficient (Wildman–Crippen LogP) is 4.37. The number of H-pyrrole nitrogens is 1. The Balaban J connectivity index is 1.35. The summed E-state index contributed by atoms with van der Waals surface area (Å²) in [7, 11) is 0. The quantitative estimate of drug-likeness (QED) is 0.489. The van der Waals surface area contributed by atoms with Crippen molar-refractivity contribution in [3.63, 3.8) is 0 Å². The molecule has 0 saturated carbocycles. The molecule has 1 spiro atoms. The fraction of sp³-hybridized carbons (Fsp3) is 0.440. The molecule has 0 radical (unpaired) electrons. The maximum Gasteiger partial charge on any atom is 0.409 e. The molecule has 6 rings (SSSR count). The third-order valence-electron chi connectivity index (χ3n) is 7.27. The van der Waals surface area contributed by atoms with E-state index in [1.807, 2.05) is 41.2 Å². The van der Waals surface area contributed by atoms with Crippen molar-refractivity contribution < 1.29 is 9.53 Å². The smallest absolute Gasteiger partial charge is 0.409 e. The molecule has 2 aliphatic rings. The highest BCUT2D eigenvalue weighted by atomic mass is 16.6. The number of carbonyl (C=O) groups is 1. The Bertz CT molecular complexity index is 1380. The van der Waals surface area contributed by atoms with Gasteiger partial charge >= 0.3 is 6.09 Å². The van der Waals surface area contributed by atoms with Gasteiger partial charge in [-0.2, -0.15) is 10.2 Å². The first kappa shape index (κ1) is 20.9. The number of hydrogen-bond donors (Lipinski definition) is 1. The van der Waals surface area contributed by atoms with Crippen LogP contribution >= 0.6 is 0 Å². The van der Waals surface area contributed by atoms with Crippen LogP contribution in [0.1, 0.15) is 45.3 Å². The molecule has 6 heterocycles. The average Bonchev–Trinajstić information content (AvgIpc) is 3.63. The molecule has 2 aliphatic heterocycles. The van der Waals surface area contributed by atoms with Crippen molar-refractivity contribution in [2.75, 3.05) is 19.7 Å². The van der Waals surface area contributed by atoms with Crippen molar-refractivity contribution in [2.24, 2.45) is 0 Å². The number of rotatable bonds is 4. The Morgan fingerprint density at radius 3 is 2.94 bits per heavy atom. The van der Waals surface area contributed by atoms with Gasteiger partial charge in [0.05, 0.1) is 18.0 Å². The zero-order chi connectivity index (χ0) is 23.4. The second kappa shape index (κ2) is 7.72. The Kier molecular flexibility index (Phi) is 4.75. The zero-order valence-electron chi connectivity index (χ0n) is 19.8. The van der Waals surface area contributed by atoms with Crippen molar-refractivity contribution in [2.45, 2.75) is 51.6 Å². The molecule has 0 bridgehead atoms. The first-order chi connectivity index (χ1) is 16.5. The predicted molar refractivity (Wildman–Crippen MR) is 128 cm³/mol. The molecular weight excluding hydrogens is 430 g/mol. The largest absolute Gasteiger partial charge is 0.450 e. The van der Waals surface area contributed by atoms with E-state index in [1.165, 1.54) is 5.69 Å². The Labute approximate surface area is 197 Å². The number of pyridine rings is 1. The van der Waals surface area contributed by atoms with Crippen molar-refractivity contribution in [3.05, 3.63) is 42.5 Å². The number of fused-ring (bicyclic) bond motifs is 3. The SMILES string of the molecule is CCOC(=O)N1CCC2(CCn3nc(-c4cnc5[nH]cc(-c6ccnn6C(C)C)c5c4)cc32)C1. The lowest BCUT2D eigenvalue weighted by Gasteiger charge is -2.22. The minimum atomic E-state index is -0.215. The molecular formula is C25H29N7O2. The number of amides is 1. The van der Waals surface area contributed by atoms with Gasteiger partial charge in [0.15, 0.2) is 0 Å². The lowest BCUT2D eigenvalue weighted by Crippen LogP contribution is -2.33. The third-order valence-corrected chi connectivity index (χ3v) is 7.27. The van der Waals surface area contributed by atoms with Gasteiger partial charge in [-0.15, -0.1) is 0 Å². The summed E-state index contributed by atoms with van der Waals surface area (Å²) in [6.07, 6.45) is 7.45. The van der Waals surface area contributed by atoms with Gasteiger partial charge in [0.2, 0.25) is 0 Å². The van der Waals surface area contributed by atoms with E-state index in [4.69, 9.17) is 9.84 Å². The van der Waals surface area contributed by atoms with Crippen molar-refractivity contribution >= 4 is 17.1 Å². The van der Waals surface area contributed by atoms with Crippen LogP contribution in [-0.4, -0.2) is 60.2 Å². The number of nitrogens with one attached hydrogen (secondary N) is 1. The van der Waals surface area contributed by atoms with E-state index < -0.39 is 0 Å². The van der Waals surface area contributed by atoms with Gasteiger partial charge in [-0.05, 0) is 51.8 Å². The number of aromatic nitrogens is 6. The topological polar surface area (TPSA) is 93.9 Å². The van der Waals surface area contributed by atoms with Crippen molar-refractivity contribution in [1.82, 2.24) is 34.4 Å². The molecule has 1 fully saturated rings. The fourth-order valence-electron chi connectivity index (χ4n) is 5.55. The third kappa shape index (κ3) is 3.13. The summed E-state index contributed by atoms with van der Waals surface area (Å²) in [5, 5.41) is 10.5. The number of carbonyl (C=O) groups excluding carboxylic acids is 1. The molecule has 9 heteroatoms. The number of hydrogen-bond acceptors (Lipinski definition) is 5. The van der Waals surface area contributed by atoms with Crippen molar-refractivity contribution in [3.8, 4) is 22.5 Å². The van der Waals surface area contributed by atoms with E-state index >= 15 is 0 Å². The van der Waals surface area contributed by atoms with Gasteiger partial charge in [-0.1, -0.05) is 0 Å². The molecule has 1 N–H and O–H groups in total. The van der Waals surface area contributed by atoms with Crippen LogP contribution in [0.4, 0.5) is 4.79 Å². The van der Waals surface area contributed by atoms with E-state index in [0.717, 1.165) is 59.5 Å². The fourth-order valence-corrected chi connectivity index (χ4v) is 5.55. The average molecular weight is 460 g/mol. The number of nitrogens with zero attached hydrogens (tertiary/aromatic N) is 6. The summed E-state index contributed by atoms with van der Waals surface area (Å²) < 4.78 is 9.37. The minimum absolute atomic E-state index is 0.0431. The Morgan fingerprint density at radius 1 is 1.26 bits per heavy atom. The van der Waals surface area contributed by atoms with E-state index in [9.17, 15) is 4.79 Å². The van der Waals surface area contributed by atoms with Gasteiger partial charge in [0, 0.05) is 71.9 Å². The summed E-state index contributed by atoms with van der Waals surface area (Å²) in [5.41, 5.74) is 6.07. The first-order valence-corrected chi connectivity index (χ1v) is 12.0. The highest BCUT2D eigenvalue weighted by Gasteiger charge is 2.47. The van der Waals surface area contributed by atoms with Gasteiger partial charge in [-0.25, -0.2) is 9.78 Å². The second-order valence-electron chi connectivity index (χ2n) is 9.62. The molecule has 0 aromatic carbocycles. The lowest BCUT2D eigenvalue weighted by molar-refractivity contribution is 0.113. The van der Waals surface area contributed by atoms with Crippen LogP contribution in [0.2, 0.25) is 0 Å².